The molecule has 0 saturated carbocycles. The number of aliphatic hydroxyl groups is 1. The summed E-state index contributed by atoms with van der Waals surface area (Å²) >= 11 is 0. The number of ether oxygens (including phenoxy) is 1. The first-order chi connectivity index (χ1) is 13.6. The highest BCUT2D eigenvalue weighted by atomic mass is 16.5. The zero-order valence-electron chi connectivity index (χ0n) is 17.4. The van der Waals surface area contributed by atoms with Crippen LogP contribution < -0.4 is 4.74 Å². The molecule has 0 aromatic heterocycles. The first-order valence-corrected chi connectivity index (χ1v) is 10.8. The van der Waals surface area contributed by atoms with Gasteiger partial charge in [-0.05, 0) is 61.5 Å². The molecule has 0 unspecified atom stereocenters. The van der Waals surface area contributed by atoms with Crippen LogP contribution in [0.1, 0.15) is 62.7 Å². The Morgan fingerprint density at radius 3 is 2.21 bits per heavy atom. The molecule has 1 aliphatic rings. The van der Waals surface area contributed by atoms with E-state index in [4.69, 9.17) is 4.74 Å². The van der Waals surface area contributed by atoms with Gasteiger partial charge < -0.3 is 14.7 Å². The van der Waals surface area contributed by atoms with E-state index < -0.39 is 6.10 Å². The van der Waals surface area contributed by atoms with Crippen LogP contribution in [0.25, 0.3) is 0 Å². The SMILES string of the molecule is CC(C)CCOc1ccc([C@H](O)[C@H](CN2CCCCC2)c2ccccc2)cc1. The summed E-state index contributed by atoms with van der Waals surface area (Å²) < 4.78 is 5.83. The van der Waals surface area contributed by atoms with Gasteiger partial charge in [0.2, 0.25) is 0 Å². The molecule has 0 radical (unpaired) electrons. The minimum absolute atomic E-state index is 0.0759. The molecule has 3 rings (SSSR count). The van der Waals surface area contributed by atoms with Crippen molar-refractivity contribution in [2.24, 2.45) is 5.92 Å². The molecule has 2 aromatic carbocycles. The molecule has 3 heteroatoms. The molecule has 1 aliphatic heterocycles. The van der Waals surface area contributed by atoms with E-state index in [9.17, 15) is 5.11 Å². The fraction of sp³-hybridized carbons (Fsp3) is 0.520. The average Bonchev–Trinajstić information content (AvgIpc) is 2.73. The van der Waals surface area contributed by atoms with Crippen molar-refractivity contribution in [3.05, 3.63) is 65.7 Å². The normalized spacial score (nSPS) is 17.4. The quantitative estimate of drug-likeness (QED) is 0.630. The molecule has 152 valence electrons. The smallest absolute Gasteiger partial charge is 0.119 e. The number of hydrogen-bond donors (Lipinski definition) is 1. The second-order valence-corrected chi connectivity index (χ2v) is 8.42. The summed E-state index contributed by atoms with van der Waals surface area (Å²) in [6.07, 6.45) is 4.39. The van der Waals surface area contributed by atoms with Crippen LogP contribution in [0.15, 0.2) is 54.6 Å². The predicted molar refractivity (Wildman–Crippen MR) is 116 cm³/mol. The monoisotopic (exact) mass is 381 g/mol. The lowest BCUT2D eigenvalue weighted by Gasteiger charge is -2.33. The molecule has 1 N–H and O–H groups in total. The highest BCUT2D eigenvalue weighted by molar-refractivity contribution is 5.32. The largest absolute Gasteiger partial charge is 0.494 e. The molecule has 28 heavy (non-hydrogen) atoms. The van der Waals surface area contributed by atoms with Gasteiger partial charge in [-0.1, -0.05) is 62.7 Å². The Morgan fingerprint density at radius 2 is 1.57 bits per heavy atom. The van der Waals surface area contributed by atoms with Crippen LogP contribution in [-0.2, 0) is 0 Å². The van der Waals surface area contributed by atoms with Crippen molar-refractivity contribution < 1.29 is 9.84 Å². The lowest BCUT2D eigenvalue weighted by Crippen LogP contribution is -2.35. The summed E-state index contributed by atoms with van der Waals surface area (Å²) in [6, 6.07) is 18.5. The van der Waals surface area contributed by atoms with Crippen LogP contribution >= 0.6 is 0 Å². The van der Waals surface area contributed by atoms with Crippen LogP contribution in [0.2, 0.25) is 0 Å². The second-order valence-electron chi connectivity index (χ2n) is 8.42. The Kier molecular flexibility index (Phi) is 7.93. The molecule has 0 amide bonds. The highest BCUT2D eigenvalue weighted by Crippen LogP contribution is 2.33. The number of piperidine rings is 1. The van der Waals surface area contributed by atoms with Crippen molar-refractivity contribution in [1.29, 1.82) is 0 Å². The fourth-order valence-electron chi connectivity index (χ4n) is 3.91. The number of aliphatic hydroxyl groups excluding tert-OH is 1. The molecular weight excluding hydrogens is 346 g/mol. The fourth-order valence-corrected chi connectivity index (χ4v) is 3.91. The summed E-state index contributed by atoms with van der Waals surface area (Å²) in [5, 5.41) is 11.2. The van der Waals surface area contributed by atoms with E-state index in [0.717, 1.165) is 44.0 Å². The summed E-state index contributed by atoms with van der Waals surface area (Å²) in [4.78, 5) is 2.51. The van der Waals surface area contributed by atoms with E-state index in [0.29, 0.717) is 5.92 Å². The van der Waals surface area contributed by atoms with Crippen LogP contribution in [0.3, 0.4) is 0 Å². The van der Waals surface area contributed by atoms with Crippen LogP contribution in [0.4, 0.5) is 0 Å². The van der Waals surface area contributed by atoms with Gasteiger partial charge in [-0.3, -0.25) is 0 Å². The standard InChI is InChI=1S/C25H35NO2/c1-20(2)15-18-28-23-13-11-22(12-14-23)25(27)24(21-9-5-3-6-10-21)19-26-16-7-4-8-17-26/h3,5-6,9-14,20,24-25,27H,4,7-8,15-19H2,1-2H3/t24-,25+/m1/s1. The Labute approximate surface area is 170 Å². The van der Waals surface area contributed by atoms with E-state index >= 15 is 0 Å². The van der Waals surface area contributed by atoms with Gasteiger partial charge in [0, 0.05) is 12.5 Å². The number of hydrogen-bond acceptors (Lipinski definition) is 3. The molecule has 2 aromatic rings. The van der Waals surface area contributed by atoms with Crippen molar-refractivity contribution in [2.75, 3.05) is 26.2 Å². The second kappa shape index (κ2) is 10.6. The summed E-state index contributed by atoms with van der Waals surface area (Å²) in [5.74, 6) is 1.60. The van der Waals surface area contributed by atoms with Crippen LogP contribution in [0.5, 0.6) is 5.75 Å². The highest BCUT2D eigenvalue weighted by Gasteiger charge is 2.26. The van der Waals surface area contributed by atoms with Gasteiger partial charge in [-0.15, -0.1) is 0 Å². The van der Waals surface area contributed by atoms with Crippen molar-refractivity contribution in [3.8, 4) is 5.75 Å². The van der Waals surface area contributed by atoms with Crippen molar-refractivity contribution in [1.82, 2.24) is 4.90 Å². The van der Waals surface area contributed by atoms with Gasteiger partial charge in [-0.2, -0.15) is 0 Å². The summed E-state index contributed by atoms with van der Waals surface area (Å²) in [7, 11) is 0. The van der Waals surface area contributed by atoms with E-state index in [-0.39, 0.29) is 5.92 Å². The van der Waals surface area contributed by atoms with Gasteiger partial charge >= 0.3 is 0 Å². The van der Waals surface area contributed by atoms with E-state index in [1.807, 2.05) is 30.3 Å². The lowest BCUT2D eigenvalue weighted by molar-refractivity contribution is 0.109. The van der Waals surface area contributed by atoms with E-state index in [1.54, 1.807) is 0 Å². The zero-order valence-corrected chi connectivity index (χ0v) is 17.4. The minimum atomic E-state index is -0.519. The third-order valence-electron chi connectivity index (χ3n) is 5.70. The van der Waals surface area contributed by atoms with Crippen molar-refractivity contribution in [2.45, 2.75) is 51.6 Å². The summed E-state index contributed by atoms with van der Waals surface area (Å²) in [6.45, 7) is 8.32. The van der Waals surface area contributed by atoms with Gasteiger partial charge in [0.15, 0.2) is 0 Å². The third-order valence-corrected chi connectivity index (χ3v) is 5.70. The number of likely N-dealkylation sites (tertiary alicyclic amines) is 1. The third kappa shape index (κ3) is 6.08. The van der Waals surface area contributed by atoms with E-state index in [1.165, 1.54) is 24.8 Å². The van der Waals surface area contributed by atoms with Crippen LogP contribution in [-0.4, -0.2) is 36.2 Å². The molecular formula is C25H35NO2. The number of rotatable bonds is 9. The van der Waals surface area contributed by atoms with Gasteiger partial charge in [0.25, 0.3) is 0 Å². The molecule has 3 nitrogen and oxygen atoms in total. The lowest BCUT2D eigenvalue weighted by atomic mass is 9.88. The minimum Gasteiger partial charge on any atom is -0.494 e. The van der Waals surface area contributed by atoms with Crippen LogP contribution in [0, 0.1) is 5.92 Å². The first-order valence-electron chi connectivity index (χ1n) is 10.8. The topological polar surface area (TPSA) is 32.7 Å². The van der Waals surface area contributed by atoms with E-state index in [2.05, 4.69) is 43.0 Å². The van der Waals surface area contributed by atoms with Crippen molar-refractivity contribution in [3.63, 3.8) is 0 Å². The molecule has 1 heterocycles. The first kappa shape index (κ1) is 20.9. The molecule has 0 spiro atoms. The predicted octanol–water partition coefficient (Wildman–Crippen LogP) is 5.41. The Bertz CT molecular complexity index is 677. The van der Waals surface area contributed by atoms with Gasteiger partial charge in [-0.25, -0.2) is 0 Å². The van der Waals surface area contributed by atoms with Crippen molar-refractivity contribution >= 4 is 0 Å². The molecule has 1 fully saturated rings. The number of benzene rings is 2. The zero-order chi connectivity index (χ0) is 19.8. The molecule has 0 bridgehead atoms. The van der Waals surface area contributed by atoms with Gasteiger partial charge in [0.1, 0.15) is 5.75 Å². The Balaban J connectivity index is 1.70. The maximum absolute atomic E-state index is 11.2. The molecule has 0 aliphatic carbocycles. The maximum atomic E-state index is 11.2. The molecule has 2 atom stereocenters. The summed E-state index contributed by atoms with van der Waals surface area (Å²) in [5.41, 5.74) is 2.17. The van der Waals surface area contributed by atoms with Gasteiger partial charge in [0.05, 0.1) is 12.7 Å². The Morgan fingerprint density at radius 1 is 0.893 bits per heavy atom. The number of nitrogens with zero attached hydrogens (tertiary/aromatic N) is 1. The Hall–Kier alpha value is -1.84. The average molecular weight is 382 g/mol. The maximum Gasteiger partial charge on any atom is 0.119 e. The molecule has 1 saturated heterocycles.